The number of esters is 2. The molecule has 3 rings (SSSR count). The molecule has 0 aromatic heterocycles. The standard InChI is InChI=1S/C19H24O6/c1-11(20)24-17(13-5-8-16(23-3)9-6-13)19(22)15-7-4-14(10-15)18(19)25-12(2)21/h5-6,8-9,14-15,17-18,22H,4,7,10H2,1-3H3/t14-,15+,17+,18-,19-/m0/s1. The molecule has 1 aromatic carbocycles. The van der Waals surface area contributed by atoms with Crippen molar-refractivity contribution in [3.8, 4) is 5.75 Å². The van der Waals surface area contributed by atoms with Crippen LogP contribution in [0, 0.1) is 11.8 Å². The van der Waals surface area contributed by atoms with Gasteiger partial charge in [0, 0.05) is 13.8 Å². The van der Waals surface area contributed by atoms with Crippen LogP contribution in [0.4, 0.5) is 0 Å². The van der Waals surface area contributed by atoms with Gasteiger partial charge in [0.1, 0.15) is 17.5 Å². The largest absolute Gasteiger partial charge is 0.497 e. The molecule has 2 aliphatic carbocycles. The molecule has 2 bridgehead atoms. The number of aliphatic hydroxyl groups is 1. The molecule has 0 amide bonds. The van der Waals surface area contributed by atoms with E-state index in [0.717, 1.165) is 19.3 Å². The Hall–Kier alpha value is -2.08. The highest BCUT2D eigenvalue weighted by molar-refractivity contribution is 5.67. The summed E-state index contributed by atoms with van der Waals surface area (Å²) in [6, 6.07) is 7.04. The normalized spacial score (nSPS) is 31.4. The van der Waals surface area contributed by atoms with Gasteiger partial charge in [-0.25, -0.2) is 0 Å². The van der Waals surface area contributed by atoms with E-state index in [1.165, 1.54) is 13.8 Å². The van der Waals surface area contributed by atoms with Gasteiger partial charge in [-0.15, -0.1) is 0 Å². The second-order valence-corrected chi connectivity index (χ2v) is 6.95. The summed E-state index contributed by atoms with van der Waals surface area (Å²) in [7, 11) is 1.57. The Morgan fingerprint density at radius 2 is 1.84 bits per heavy atom. The first-order chi connectivity index (χ1) is 11.9. The lowest BCUT2D eigenvalue weighted by molar-refractivity contribution is -0.209. The number of fused-ring (bicyclic) bond motifs is 2. The molecule has 1 N–H and O–H groups in total. The van der Waals surface area contributed by atoms with Crippen LogP contribution in [-0.4, -0.2) is 35.9 Å². The summed E-state index contributed by atoms with van der Waals surface area (Å²) >= 11 is 0. The summed E-state index contributed by atoms with van der Waals surface area (Å²) in [5, 5.41) is 11.6. The lowest BCUT2D eigenvalue weighted by atomic mass is 9.75. The number of rotatable bonds is 5. The first-order valence-electron chi connectivity index (χ1n) is 8.57. The summed E-state index contributed by atoms with van der Waals surface area (Å²) in [5.41, 5.74) is -0.766. The molecular weight excluding hydrogens is 324 g/mol. The van der Waals surface area contributed by atoms with E-state index in [1.807, 2.05) is 0 Å². The highest BCUT2D eigenvalue weighted by atomic mass is 16.6. The summed E-state index contributed by atoms with van der Waals surface area (Å²) in [6.45, 7) is 2.65. The Bertz CT molecular complexity index is 654. The zero-order chi connectivity index (χ0) is 18.2. The van der Waals surface area contributed by atoms with Crippen molar-refractivity contribution in [2.75, 3.05) is 7.11 Å². The fourth-order valence-electron chi connectivity index (χ4n) is 4.43. The summed E-state index contributed by atoms with van der Waals surface area (Å²) in [5.74, 6) is -0.240. The monoisotopic (exact) mass is 348 g/mol. The van der Waals surface area contributed by atoms with Crippen LogP contribution >= 0.6 is 0 Å². The van der Waals surface area contributed by atoms with Crippen molar-refractivity contribution in [1.29, 1.82) is 0 Å². The van der Waals surface area contributed by atoms with Crippen LogP contribution in [0.3, 0.4) is 0 Å². The van der Waals surface area contributed by atoms with Crippen LogP contribution in [0.25, 0.3) is 0 Å². The summed E-state index contributed by atoms with van der Waals surface area (Å²) in [6.07, 6.45) is 0.931. The number of hydrogen-bond donors (Lipinski definition) is 1. The molecule has 136 valence electrons. The van der Waals surface area contributed by atoms with E-state index in [1.54, 1.807) is 31.4 Å². The van der Waals surface area contributed by atoms with E-state index in [-0.39, 0.29) is 11.8 Å². The molecule has 0 heterocycles. The minimum absolute atomic E-state index is 0.0756. The average molecular weight is 348 g/mol. The molecule has 1 aromatic rings. The van der Waals surface area contributed by atoms with Gasteiger partial charge >= 0.3 is 11.9 Å². The predicted molar refractivity (Wildman–Crippen MR) is 88.8 cm³/mol. The van der Waals surface area contributed by atoms with Crippen LogP contribution in [0.1, 0.15) is 44.8 Å². The van der Waals surface area contributed by atoms with E-state index in [9.17, 15) is 14.7 Å². The molecule has 0 spiro atoms. The van der Waals surface area contributed by atoms with Crippen LogP contribution in [0.15, 0.2) is 24.3 Å². The number of ether oxygens (including phenoxy) is 3. The Morgan fingerprint density at radius 1 is 1.16 bits per heavy atom. The Labute approximate surface area is 147 Å². The maximum absolute atomic E-state index is 11.7. The van der Waals surface area contributed by atoms with Crippen LogP contribution in [0.5, 0.6) is 5.75 Å². The molecule has 6 heteroatoms. The van der Waals surface area contributed by atoms with Gasteiger partial charge in [0.25, 0.3) is 0 Å². The van der Waals surface area contributed by atoms with E-state index >= 15 is 0 Å². The average Bonchev–Trinajstić information content (AvgIpc) is 3.15. The van der Waals surface area contributed by atoms with Gasteiger partial charge in [-0.2, -0.15) is 0 Å². The predicted octanol–water partition coefficient (Wildman–Crippen LogP) is 2.39. The first-order valence-corrected chi connectivity index (χ1v) is 8.57. The highest BCUT2D eigenvalue weighted by Crippen LogP contribution is 2.57. The second kappa shape index (κ2) is 6.67. The Kier molecular flexibility index (Phi) is 4.73. The van der Waals surface area contributed by atoms with Crippen molar-refractivity contribution in [1.82, 2.24) is 0 Å². The lowest BCUT2D eigenvalue weighted by Gasteiger charge is -2.43. The molecule has 0 unspecified atom stereocenters. The molecule has 0 radical (unpaired) electrons. The smallest absolute Gasteiger partial charge is 0.303 e. The van der Waals surface area contributed by atoms with Crippen molar-refractivity contribution in [2.45, 2.75) is 50.9 Å². The van der Waals surface area contributed by atoms with E-state index in [2.05, 4.69) is 0 Å². The third-order valence-electron chi connectivity index (χ3n) is 5.43. The third kappa shape index (κ3) is 3.11. The summed E-state index contributed by atoms with van der Waals surface area (Å²) < 4.78 is 16.2. The lowest BCUT2D eigenvalue weighted by Crippen LogP contribution is -2.54. The zero-order valence-electron chi connectivity index (χ0n) is 14.7. The molecule has 0 aliphatic heterocycles. The van der Waals surface area contributed by atoms with E-state index in [4.69, 9.17) is 14.2 Å². The third-order valence-corrected chi connectivity index (χ3v) is 5.43. The van der Waals surface area contributed by atoms with Crippen molar-refractivity contribution < 1.29 is 28.9 Å². The Balaban J connectivity index is 2.00. The minimum Gasteiger partial charge on any atom is -0.497 e. The van der Waals surface area contributed by atoms with E-state index in [0.29, 0.717) is 11.3 Å². The van der Waals surface area contributed by atoms with Gasteiger partial charge in [0.2, 0.25) is 0 Å². The molecule has 2 fully saturated rings. The topological polar surface area (TPSA) is 82.1 Å². The molecule has 2 saturated carbocycles. The van der Waals surface area contributed by atoms with Crippen LogP contribution in [0.2, 0.25) is 0 Å². The fourth-order valence-corrected chi connectivity index (χ4v) is 4.43. The zero-order valence-corrected chi connectivity index (χ0v) is 14.7. The maximum Gasteiger partial charge on any atom is 0.303 e. The molecule has 6 nitrogen and oxygen atoms in total. The van der Waals surface area contributed by atoms with Gasteiger partial charge in [-0.3, -0.25) is 9.59 Å². The van der Waals surface area contributed by atoms with Crippen molar-refractivity contribution in [3.05, 3.63) is 29.8 Å². The van der Waals surface area contributed by atoms with Gasteiger partial charge in [0.05, 0.1) is 7.11 Å². The molecular formula is C19H24O6. The van der Waals surface area contributed by atoms with Gasteiger partial charge in [0.15, 0.2) is 6.10 Å². The quantitative estimate of drug-likeness (QED) is 0.823. The van der Waals surface area contributed by atoms with Crippen molar-refractivity contribution in [3.63, 3.8) is 0 Å². The highest BCUT2D eigenvalue weighted by Gasteiger charge is 2.64. The number of hydrogen-bond acceptors (Lipinski definition) is 6. The van der Waals surface area contributed by atoms with Gasteiger partial charge < -0.3 is 19.3 Å². The van der Waals surface area contributed by atoms with Crippen molar-refractivity contribution >= 4 is 11.9 Å². The minimum atomic E-state index is -1.42. The molecule has 2 aliphatic rings. The maximum atomic E-state index is 11.7. The van der Waals surface area contributed by atoms with Gasteiger partial charge in [-0.05, 0) is 48.8 Å². The van der Waals surface area contributed by atoms with Crippen LogP contribution < -0.4 is 4.74 Å². The molecule has 0 saturated heterocycles. The second-order valence-electron chi connectivity index (χ2n) is 6.95. The number of carbonyl (C=O) groups is 2. The fraction of sp³-hybridized carbons (Fsp3) is 0.579. The van der Waals surface area contributed by atoms with Crippen molar-refractivity contribution in [2.24, 2.45) is 11.8 Å². The number of benzene rings is 1. The number of carbonyl (C=O) groups excluding carboxylic acids is 2. The first kappa shape index (κ1) is 17.7. The van der Waals surface area contributed by atoms with Crippen LogP contribution in [-0.2, 0) is 19.1 Å². The molecule has 25 heavy (non-hydrogen) atoms. The Morgan fingerprint density at radius 3 is 2.40 bits per heavy atom. The SMILES string of the molecule is COc1ccc([C@@H](OC(C)=O)[C@@]2(O)[C@@H]3CC[C@@H](C3)[C@@H]2OC(C)=O)cc1. The molecule has 5 atom stereocenters. The number of methoxy groups -OCH3 is 1. The van der Waals surface area contributed by atoms with Gasteiger partial charge in [-0.1, -0.05) is 12.1 Å². The summed E-state index contributed by atoms with van der Waals surface area (Å²) in [4.78, 5) is 23.3. The van der Waals surface area contributed by atoms with E-state index < -0.39 is 29.7 Å².